The topological polar surface area (TPSA) is 95.2 Å². The maximum absolute atomic E-state index is 12.3. The Kier molecular flexibility index (Phi) is 5.56. The Hall–Kier alpha value is -3.52. The highest BCUT2D eigenvalue weighted by Gasteiger charge is 2.32. The van der Waals surface area contributed by atoms with Crippen LogP contribution in [0.4, 0.5) is 5.69 Å². The third kappa shape index (κ3) is 3.94. The van der Waals surface area contributed by atoms with Crippen LogP contribution in [0.5, 0.6) is 5.75 Å². The van der Waals surface area contributed by atoms with Gasteiger partial charge in [0.2, 0.25) is 0 Å². The molecule has 2 aromatic carbocycles. The van der Waals surface area contributed by atoms with Crippen molar-refractivity contribution in [3.8, 4) is 5.75 Å². The fraction of sp³-hybridized carbons (Fsp3) is 0.304. The molecule has 162 valence electrons. The van der Waals surface area contributed by atoms with Gasteiger partial charge in [-0.15, -0.1) is 0 Å². The Morgan fingerprint density at radius 3 is 2.42 bits per heavy atom. The van der Waals surface area contributed by atoms with Gasteiger partial charge in [-0.1, -0.05) is 12.1 Å². The van der Waals surface area contributed by atoms with Gasteiger partial charge in [-0.3, -0.25) is 9.69 Å². The third-order valence-corrected chi connectivity index (χ3v) is 5.89. The van der Waals surface area contributed by atoms with Crippen molar-refractivity contribution in [2.24, 2.45) is 7.05 Å². The van der Waals surface area contributed by atoms with Gasteiger partial charge >= 0.3 is 11.9 Å². The predicted octanol–water partition coefficient (Wildman–Crippen LogP) is 2.83. The number of aromatic carboxylic acids is 1. The van der Waals surface area contributed by atoms with Crippen molar-refractivity contribution in [1.82, 2.24) is 9.47 Å². The first-order chi connectivity index (χ1) is 14.9. The lowest BCUT2D eigenvalue weighted by molar-refractivity contribution is -0.143. The quantitative estimate of drug-likeness (QED) is 0.629. The minimum absolute atomic E-state index is 0.180. The second-order valence-electron chi connectivity index (χ2n) is 7.70. The number of carbonyl (C=O) groups is 2. The molecule has 1 aliphatic rings. The first-order valence-electron chi connectivity index (χ1n) is 10.1. The summed E-state index contributed by atoms with van der Waals surface area (Å²) in [6, 6.07) is 11.9. The Morgan fingerprint density at radius 1 is 1.03 bits per heavy atom. The molecule has 3 aromatic rings. The molecule has 0 amide bonds. The minimum Gasteiger partial charge on any atom is -0.497 e. The second kappa shape index (κ2) is 8.31. The molecule has 1 aromatic heterocycles. The van der Waals surface area contributed by atoms with E-state index in [2.05, 4.69) is 4.90 Å². The number of aliphatic carboxylic acids is 1. The van der Waals surface area contributed by atoms with Gasteiger partial charge in [-0.25, -0.2) is 4.79 Å². The summed E-state index contributed by atoms with van der Waals surface area (Å²) in [6.07, 6.45) is 1.80. The summed E-state index contributed by atoms with van der Waals surface area (Å²) < 4.78 is 7.10. The number of carboxylic acid groups (broad SMARTS) is 2. The number of fused-ring (bicyclic) bond motifs is 1. The van der Waals surface area contributed by atoms with Crippen LogP contribution in [0.3, 0.4) is 0 Å². The van der Waals surface area contributed by atoms with Gasteiger partial charge in [0, 0.05) is 67.6 Å². The van der Waals surface area contributed by atoms with E-state index < -0.39 is 18.0 Å². The fourth-order valence-electron chi connectivity index (χ4n) is 4.30. The number of rotatable bonds is 6. The SMILES string of the molecule is COc1cccc(N2CCN([C@H](C(=O)O)c3cn(C)c4cc(C(=O)O)ccc34)CC2)c1. The molecular weight excluding hydrogens is 398 g/mol. The summed E-state index contributed by atoms with van der Waals surface area (Å²) in [6.45, 7) is 2.59. The molecule has 0 bridgehead atoms. The van der Waals surface area contributed by atoms with Gasteiger partial charge in [0.1, 0.15) is 11.8 Å². The Bertz CT molecular complexity index is 1130. The van der Waals surface area contributed by atoms with Crippen molar-refractivity contribution in [2.45, 2.75) is 6.04 Å². The number of carboxylic acids is 2. The number of benzene rings is 2. The minimum atomic E-state index is -1.01. The standard InChI is InChI=1S/C23H25N3O5/c1-24-14-19(18-7-6-15(22(27)28)12-20(18)24)21(23(29)30)26-10-8-25(9-11-26)16-4-3-5-17(13-16)31-2/h3-7,12-14,21H,8-11H2,1-2H3,(H,27,28)(H,29,30)/t21-/m0/s1. The van der Waals surface area contributed by atoms with Gasteiger partial charge in [0.05, 0.1) is 12.7 Å². The molecule has 0 aliphatic carbocycles. The maximum Gasteiger partial charge on any atom is 0.335 e. The molecule has 1 fully saturated rings. The van der Waals surface area contributed by atoms with Crippen LogP contribution in [0.25, 0.3) is 10.9 Å². The van der Waals surface area contributed by atoms with E-state index in [4.69, 9.17) is 4.74 Å². The Labute approximate surface area is 179 Å². The molecule has 4 rings (SSSR count). The lowest BCUT2D eigenvalue weighted by Crippen LogP contribution is -2.49. The average molecular weight is 423 g/mol. The predicted molar refractivity (Wildman–Crippen MR) is 117 cm³/mol. The highest BCUT2D eigenvalue weighted by Crippen LogP contribution is 2.32. The van der Waals surface area contributed by atoms with E-state index in [9.17, 15) is 19.8 Å². The smallest absolute Gasteiger partial charge is 0.335 e. The molecule has 2 N–H and O–H groups in total. The number of anilines is 1. The van der Waals surface area contributed by atoms with Crippen LogP contribution in [0.1, 0.15) is 22.0 Å². The van der Waals surface area contributed by atoms with Crippen molar-refractivity contribution in [3.05, 3.63) is 59.8 Å². The molecule has 0 saturated carbocycles. The number of piperazine rings is 1. The van der Waals surface area contributed by atoms with Gasteiger partial charge in [0.15, 0.2) is 0 Å². The molecule has 2 heterocycles. The first-order valence-corrected chi connectivity index (χ1v) is 10.1. The number of nitrogens with zero attached hydrogens (tertiary/aromatic N) is 3. The molecule has 0 unspecified atom stereocenters. The maximum atomic E-state index is 12.3. The number of aromatic nitrogens is 1. The van der Waals surface area contributed by atoms with E-state index in [1.54, 1.807) is 37.1 Å². The van der Waals surface area contributed by atoms with Crippen molar-refractivity contribution in [2.75, 3.05) is 38.2 Å². The fourth-order valence-corrected chi connectivity index (χ4v) is 4.30. The zero-order chi connectivity index (χ0) is 22.1. The number of aryl methyl sites for hydroxylation is 1. The molecular formula is C23H25N3O5. The summed E-state index contributed by atoms with van der Waals surface area (Å²) in [4.78, 5) is 27.8. The average Bonchev–Trinajstić information content (AvgIpc) is 3.09. The summed E-state index contributed by atoms with van der Waals surface area (Å²) >= 11 is 0. The van der Waals surface area contributed by atoms with Crippen molar-refractivity contribution in [3.63, 3.8) is 0 Å². The van der Waals surface area contributed by atoms with Crippen LogP contribution in [-0.2, 0) is 11.8 Å². The molecule has 0 spiro atoms. The first kappa shape index (κ1) is 20.7. The lowest BCUT2D eigenvalue weighted by atomic mass is 10.0. The van der Waals surface area contributed by atoms with Crippen LogP contribution in [0.15, 0.2) is 48.7 Å². The third-order valence-electron chi connectivity index (χ3n) is 5.89. The largest absolute Gasteiger partial charge is 0.497 e. The van der Waals surface area contributed by atoms with Gasteiger partial charge in [-0.05, 0) is 24.3 Å². The zero-order valence-electron chi connectivity index (χ0n) is 17.5. The lowest BCUT2D eigenvalue weighted by Gasteiger charge is -2.38. The van der Waals surface area contributed by atoms with Crippen LogP contribution in [0.2, 0.25) is 0 Å². The van der Waals surface area contributed by atoms with E-state index >= 15 is 0 Å². The Morgan fingerprint density at radius 2 is 1.77 bits per heavy atom. The number of ether oxygens (including phenoxy) is 1. The monoisotopic (exact) mass is 423 g/mol. The zero-order valence-corrected chi connectivity index (χ0v) is 17.5. The normalized spacial score (nSPS) is 15.7. The van der Waals surface area contributed by atoms with E-state index in [1.807, 2.05) is 29.2 Å². The molecule has 1 aliphatic heterocycles. The summed E-state index contributed by atoms with van der Waals surface area (Å²) in [5.74, 6) is -1.13. The van der Waals surface area contributed by atoms with Gasteiger partial charge in [0.25, 0.3) is 0 Å². The van der Waals surface area contributed by atoms with Crippen LogP contribution >= 0.6 is 0 Å². The van der Waals surface area contributed by atoms with Gasteiger partial charge in [-0.2, -0.15) is 0 Å². The second-order valence-corrected chi connectivity index (χ2v) is 7.70. The Balaban J connectivity index is 1.59. The van der Waals surface area contributed by atoms with Crippen molar-refractivity contribution in [1.29, 1.82) is 0 Å². The molecule has 8 heteroatoms. The van der Waals surface area contributed by atoms with Crippen LogP contribution in [0, 0.1) is 0 Å². The van der Waals surface area contributed by atoms with E-state index in [1.165, 1.54) is 6.07 Å². The molecule has 8 nitrogen and oxygen atoms in total. The summed E-state index contributed by atoms with van der Waals surface area (Å²) in [5.41, 5.74) is 2.62. The molecule has 1 atom stereocenters. The molecule has 1 saturated heterocycles. The number of hydrogen-bond donors (Lipinski definition) is 2. The summed E-state index contributed by atoms with van der Waals surface area (Å²) in [5, 5.41) is 20.1. The van der Waals surface area contributed by atoms with E-state index in [0.717, 1.165) is 16.8 Å². The van der Waals surface area contributed by atoms with Crippen molar-refractivity contribution >= 4 is 28.5 Å². The van der Waals surface area contributed by atoms with Crippen molar-refractivity contribution < 1.29 is 24.5 Å². The van der Waals surface area contributed by atoms with Crippen LogP contribution < -0.4 is 9.64 Å². The van der Waals surface area contributed by atoms with E-state index in [-0.39, 0.29) is 5.56 Å². The van der Waals surface area contributed by atoms with Gasteiger partial charge < -0.3 is 24.4 Å². The van der Waals surface area contributed by atoms with Crippen LogP contribution in [-0.4, -0.2) is 64.9 Å². The van der Waals surface area contributed by atoms with E-state index in [0.29, 0.717) is 37.3 Å². The number of methoxy groups -OCH3 is 1. The molecule has 31 heavy (non-hydrogen) atoms. The number of hydrogen-bond acceptors (Lipinski definition) is 5. The highest BCUT2D eigenvalue weighted by molar-refractivity contribution is 5.96. The summed E-state index contributed by atoms with van der Waals surface area (Å²) in [7, 11) is 3.44. The molecule has 0 radical (unpaired) electrons. The highest BCUT2D eigenvalue weighted by atomic mass is 16.5.